The summed E-state index contributed by atoms with van der Waals surface area (Å²) < 4.78 is 9.67. The fourth-order valence-electron chi connectivity index (χ4n) is 0.882. The first-order valence-corrected chi connectivity index (χ1v) is 3.30. The molecule has 0 spiro atoms. The van der Waals surface area contributed by atoms with Gasteiger partial charge in [0.2, 0.25) is 0 Å². The van der Waals surface area contributed by atoms with Crippen LogP contribution in [0.25, 0.3) is 0 Å². The fraction of sp³-hybridized carbons (Fsp3) is 0.833. The van der Waals surface area contributed by atoms with Crippen molar-refractivity contribution >= 4 is 6.47 Å². The van der Waals surface area contributed by atoms with Crippen molar-refractivity contribution in [2.45, 2.75) is 6.04 Å². The second-order valence-electron chi connectivity index (χ2n) is 2.16. The van der Waals surface area contributed by atoms with Crippen LogP contribution in [-0.2, 0) is 14.3 Å². The molecule has 4 heteroatoms. The van der Waals surface area contributed by atoms with Gasteiger partial charge >= 0.3 is 0 Å². The average molecular weight is 145 g/mol. The van der Waals surface area contributed by atoms with Crippen LogP contribution < -0.4 is 5.32 Å². The van der Waals surface area contributed by atoms with Crippen LogP contribution in [0.4, 0.5) is 0 Å². The summed E-state index contributed by atoms with van der Waals surface area (Å²) in [6, 6.07) is 0.180. The maximum atomic E-state index is 9.76. The predicted octanol–water partition coefficient (Wildman–Crippen LogP) is -0.852. The van der Waals surface area contributed by atoms with E-state index in [9.17, 15) is 4.79 Å². The molecule has 0 aromatic heterocycles. The Balaban J connectivity index is 2.07. The van der Waals surface area contributed by atoms with Gasteiger partial charge in [0.05, 0.1) is 19.3 Å². The van der Waals surface area contributed by atoms with E-state index in [1.807, 2.05) is 0 Å². The molecule has 58 valence electrons. The summed E-state index contributed by atoms with van der Waals surface area (Å²) in [6.07, 6.45) is 0. The lowest BCUT2D eigenvalue weighted by Gasteiger charge is -2.22. The Morgan fingerprint density at radius 3 is 3.30 bits per heavy atom. The number of hydrogen-bond acceptors (Lipinski definition) is 4. The minimum absolute atomic E-state index is 0.180. The van der Waals surface area contributed by atoms with E-state index in [-0.39, 0.29) is 6.04 Å². The molecule has 0 aromatic carbocycles. The Bertz CT molecular complexity index is 101. The van der Waals surface area contributed by atoms with E-state index in [2.05, 4.69) is 10.1 Å². The zero-order chi connectivity index (χ0) is 7.23. The zero-order valence-corrected chi connectivity index (χ0v) is 5.71. The molecule has 1 rings (SSSR count). The van der Waals surface area contributed by atoms with Crippen LogP contribution in [0.3, 0.4) is 0 Å². The molecule has 1 atom stereocenters. The highest BCUT2D eigenvalue weighted by Gasteiger charge is 2.12. The standard InChI is InChI=1S/C6H11NO3/c8-5-10-4-6-3-9-2-1-7-6/h5-7H,1-4H2. The maximum absolute atomic E-state index is 9.76. The van der Waals surface area contributed by atoms with Crippen LogP contribution >= 0.6 is 0 Å². The number of hydrogen-bond donors (Lipinski definition) is 1. The first-order chi connectivity index (χ1) is 4.93. The van der Waals surface area contributed by atoms with Crippen LogP contribution in [0.2, 0.25) is 0 Å². The van der Waals surface area contributed by atoms with Gasteiger partial charge in [0.15, 0.2) is 0 Å². The van der Waals surface area contributed by atoms with Crippen molar-refractivity contribution < 1.29 is 14.3 Å². The monoisotopic (exact) mass is 145 g/mol. The van der Waals surface area contributed by atoms with Crippen molar-refractivity contribution in [1.29, 1.82) is 0 Å². The second kappa shape index (κ2) is 4.24. The van der Waals surface area contributed by atoms with E-state index in [1.165, 1.54) is 0 Å². The molecule has 0 aliphatic carbocycles. The Morgan fingerprint density at radius 1 is 1.80 bits per heavy atom. The molecule has 0 radical (unpaired) electrons. The lowest BCUT2D eigenvalue weighted by Crippen LogP contribution is -2.44. The van der Waals surface area contributed by atoms with Gasteiger partial charge in [-0.2, -0.15) is 0 Å². The molecule has 10 heavy (non-hydrogen) atoms. The largest absolute Gasteiger partial charge is 0.466 e. The molecule has 1 unspecified atom stereocenters. The Labute approximate surface area is 59.5 Å². The summed E-state index contributed by atoms with van der Waals surface area (Å²) >= 11 is 0. The zero-order valence-electron chi connectivity index (χ0n) is 5.71. The smallest absolute Gasteiger partial charge is 0.293 e. The highest BCUT2D eigenvalue weighted by Crippen LogP contribution is 1.92. The van der Waals surface area contributed by atoms with Gasteiger partial charge in [-0.3, -0.25) is 4.79 Å². The third kappa shape index (κ3) is 2.33. The minimum Gasteiger partial charge on any atom is -0.466 e. The first-order valence-electron chi connectivity index (χ1n) is 3.30. The van der Waals surface area contributed by atoms with Gasteiger partial charge in [-0.25, -0.2) is 0 Å². The molecule has 1 aliphatic rings. The fourth-order valence-corrected chi connectivity index (χ4v) is 0.882. The number of ether oxygens (including phenoxy) is 2. The topological polar surface area (TPSA) is 47.6 Å². The van der Waals surface area contributed by atoms with Gasteiger partial charge in [-0.1, -0.05) is 0 Å². The number of rotatable bonds is 3. The number of carbonyl (C=O) groups is 1. The Kier molecular flexibility index (Phi) is 3.18. The van der Waals surface area contributed by atoms with Crippen molar-refractivity contribution in [2.75, 3.05) is 26.4 Å². The minimum atomic E-state index is 0.180. The summed E-state index contributed by atoms with van der Waals surface area (Å²) in [7, 11) is 0. The number of nitrogens with one attached hydrogen (secondary N) is 1. The molecular formula is C6H11NO3. The van der Waals surface area contributed by atoms with E-state index < -0.39 is 0 Å². The Hall–Kier alpha value is -0.610. The van der Waals surface area contributed by atoms with E-state index in [0.717, 1.165) is 13.2 Å². The predicted molar refractivity (Wildman–Crippen MR) is 34.6 cm³/mol. The van der Waals surface area contributed by atoms with Crippen molar-refractivity contribution in [3.8, 4) is 0 Å². The molecular weight excluding hydrogens is 134 g/mol. The quantitative estimate of drug-likeness (QED) is 0.525. The number of morpholine rings is 1. The third-order valence-corrected chi connectivity index (χ3v) is 1.36. The normalized spacial score (nSPS) is 25.8. The van der Waals surface area contributed by atoms with Crippen LogP contribution in [0.15, 0.2) is 0 Å². The lowest BCUT2D eigenvalue weighted by molar-refractivity contribution is -0.130. The molecule has 1 N–H and O–H groups in total. The van der Waals surface area contributed by atoms with Crippen LogP contribution in [0.5, 0.6) is 0 Å². The third-order valence-electron chi connectivity index (χ3n) is 1.36. The van der Waals surface area contributed by atoms with Gasteiger partial charge in [0.25, 0.3) is 6.47 Å². The molecule has 1 aliphatic heterocycles. The van der Waals surface area contributed by atoms with Crippen LogP contribution in [0, 0.1) is 0 Å². The highest BCUT2D eigenvalue weighted by atomic mass is 16.5. The summed E-state index contributed by atoms with van der Waals surface area (Å²) in [4.78, 5) is 9.76. The van der Waals surface area contributed by atoms with Crippen LogP contribution in [-0.4, -0.2) is 38.9 Å². The van der Waals surface area contributed by atoms with Gasteiger partial charge < -0.3 is 14.8 Å². The van der Waals surface area contributed by atoms with Gasteiger partial charge in [-0.05, 0) is 0 Å². The Morgan fingerprint density at radius 2 is 2.70 bits per heavy atom. The van der Waals surface area contributed by atoms with E-state index in [0.29, 0.717) is 19.7 Å². The first kappa shape index (κ1) is 7.50. The van der Waals surface area contributed by atoms with Crippen LogP contribution in [0.1, 0.15) is 0 Å². The lowest BCUT2D eigenvalue weighted by atomic mass is 10.3. The molecule has 4 nitrogen and oxygen atoms in total. The summed E-state index contributed by atoms with van der Waals surface area (Å²) in [5.74, 6) is 0. The summed E-state index contributed by atoms with van der Waals surface area (Å²) in [5.41, 5.74) is 0. The van der Waals surface area contributed by atoms with Gasteiger partial charge in [0, 0.05) is 6.54 Å². The maximum Gasteiger partial charge on any atom is 0.293 e. The van der Waals surface area contributed by atoms with Crippen molar-refractivity contribution in [2.24, 2.45) is 0 Å². The summed E-state index contributed by atoms with van der Waals surface area (Å²) in [6.45, 7) is 3.08. The molecule has 0 aromatic rings. The molecule has 1 heterocycles. The molecule has 1 fully saturated rings. The van der Waals surface area contributed by atoms with E-state index >= 15 is 0 Å². The van der Waals surface area contributed by atoms with E-state index in [1.54, 1.807) is 0 Å². The molecule has 0 bridgehead atoms. The second-order valence-corrected chi connectivity index (χ2v) is 2.16. The average Bonchev–Trinajstić information content (AvgIpc) is 2.03. The summed E-state index contributed by atoms with van der Waals surface area (Å²) in [5, 5.41) is 3.14. The molecule has 0 amide bonds. The van der Waals surface area contributed by atoms with Crippen molar-refractivity contribution in [1.82, 2.24) is 5.32 Å². The van der Waals surface area contributed by atoms with Gasteiger partial charge in [0.1, 0.15) is 6.61 Å². The van der Waals surface area contributed by atoms with Crippen molar-refractivity contribution in [3.05, 3.63) is 0 Å². The molecule has 0 saturated carbocycles. The van der Waals surface area contributed by atoms with E-state index in [4.69, 9.17) is 4.74 Å². The highest BCUT2D eigenvalue weighted by molar-refractivity contribution is 5.36. The number of carbonyl (C=O) groups excluding carboxylic acids is 1. The SMILES string of the molecule is O=COCC1COCCN1. The molecule has 1 saturated heterocycles. The van der Waals surface area contributed by atoms with Gasteiger partial charge in [-0.15, -0.1) is 0 Å². The van der Waals surface area contributed by atoms with Crippen molar-refractivity contribution in [3.63, 3.8) is 0 Å².